The summed E-state index contributed by atoms with van der Waals surface area (Å²) in [6, 6.07) is -0.809. The van der Waals surface area contributed by atoms with Gasteiger partial charge < -0.3 is 15.0 Å². The van der Waals surface area contributed by atoms with E-state index in [4.69, 9.17) is 4.74 Å². The molecule has 1 N–H and O–H groups in total. The van der Waals surface area contributed by atoms with Crippen molar-refractivity contribution in [1.82, 2.24) is 10.2 Å². The fourth-order valence-electron chi connectivity index (χ4n) is 2.43. The number of carbonyl (C=O) groups is 2. The van der Waals surface area contributed by atoms with Gasteiger partial charge in [-0.25, -0.2) is 0 Å². The van der Waals surface area contributed by atoms with Crippen LogP contribution in [-0.4, -0.2) is 49.1 Å². The number of nitrogens with zero attached hydrogens (tertiary/aromatic N) is 1. The second-order valence-electron chi connectivity index (χ2n) is 6.78. The lowest BCUT2D eigenvalue weighted by molar-refractivity contribution is -0.151. The molecule has 1 saturated heterocycles. The number of rotatable bonds is 6. The molecule has 116 valence electrons. The predicted octanol–water partition coefficient (Wildman–Crippen LogP) is 1.42. The molecule has 0 aromatic heterocycles. The Morgan fingerprint density at radius 3 is 2.45 bits per heavy atom. The van der Waals surface area contributed by atoms with E-state index in [0.29, 0.717) is 13.2 Å². The molecule has 0 aromatic rings. The normalized spacial score (nSPS) is 24.2. The Bertz CT molecular complexity index is 366. The molecule has 1 aliphatic heterocycles. The molecule has 1 fully saturated rings. The predicted molar refractivity (Wildman–Crippen MR) is 78.2 cm³/mol. The van der Waals surface area contributed by atoms with Crippen molar-refractivity contribution in [1.29, 1.82) is 0 Å². The molecule has 0 aromatic carbocycles. The lowest BCUT2D eigenvalue weighted by Gasteiger charge is -2.42. The average molecular weight is 284 g/mol. The number of hydrogen-bond donors (Lipinski definition) is 1. The van der Waals surface area contributed by atoms with E-state index in [0.717, 1.165) is 6.42 Å². The number of nitrogens with one attached hydrogen (secondary N) is 1. The summed E-state index contributed by atoms with van der Waals surface area (Å²) >= 11 is 0. The molecule has 0 bridgehead atoms. The molecule has 1 heterocycles. The van der Waals surface area contributed by atoms with Crippen LogP contribution in [0.1, 0.15) is 41.0 Å². The molecule has 1 aliphatic rings. The van der Waals surface area contributed by atoms with Crippen LogP contribution in [0.15, 0.2) is 0 Å². The van der Waals surface area contributed by atoms with Gasteiger partial charge in [0.1, 0.15) is 12.1 Å². The molecular formula is C15H28N2O3. The van der Waals surface area contributed by atoms with Gasteiger partial charge in [-0.15, -0.1) is 0 Å². The minimum Gasteiger partial charge on any atom is -0.385 e. The third-order valence-electron chi connectivity index (χ3n) is 3.94. The molecular weight excluding hydrogens is 256 g/mol. The van der Waals surface area contributed by atoms with Crippen molar-refractivity contribution in [3.63, 3.8) is 0 Å². The highest BCUT2D eigenvalue weighted by Crippen LogP contribution is 2.25. The van der Waals surface area contributed by atoms with Crippen LogP contribution in [0.2, 0.25) is 0 Å². The largest absolute Gasteiger partial charge is 0.385 e. The van der Waals surface area contributed by atoms with Crippen molar-refractivity contribution in [2.45, 2.75) is 53.1 Å². The highest BCUT2D eigenvalue weighted by atomic mass is 16.5. The fraction of sp³-hybridized carbons (Fsp3) is 0.867. The van der Waals surface area contributed by atoms with Crippen LogP contribution in [0.3, 0.4) is 0 Å². The fourth-order valence-corrected chi connectivity index (χ4v) is 2.43. The maximum Gasteiger partial charge on any atom is 0.246 e. The second-order valence-corrected chi connectivity index (χ2v) is 6.78. The van der Waals surface area contributed by atoms with Gasteiger partial charge in [-0.3, -0.25) is 9.59 Å². The molecule has 2 atom stereocenters. The van der Waals surface area contributed by atoms with Crippen LogP contribution < -0.4 is 5.32 Å². The van der Waals surface area contributed by atoms with E-state index in [1.165, 1.54) is 0 Å². The molecule has 5 heteroatoms. The average Bonchev–Trinajstić information content (AvgIpc) is 2.36. The topological polar surface area (TPSA) is 58.6 Å². The first-order valence-electron chi connectivity index (χ1n) is 7.29. The molecule has 2 unspecified atom stereocenters. The van der Waals surface area contributed by atoms with Gasteiger partial charge in [0.05, 0.1) is 0 Å². The molecule has 0 saturated carbocycles. The van der Waals surface area contributed by atoms with Gasteiger partial charge in [-0.2, -0.15) is 0 Å². The maximum absolute atomic E-state index is 12.6. The Hall–Kier alpha value is -1.10. The zero-order valence-electron chi connectivity index (χ0n) is 13.5. The van der Waals surface area contributed by atoms with Crippen molar-refractivity contribution >= 4 is 11.8 Å². The van der Waals surface area contributed by atoms with Crippen LogP contribution in [0.25, 0.3) is 0 Å². The third kappa shape index (κ3) is 3.95. The number of carbonyl (C=O) groups excluding carboxylic acids is 2. The van der Waals surface area contributed by atoms with Gasteiger partial charge in [-0.1, -0.05) is 27.7 Å². The Morgan fingerprint density at radius 1 is 1.35 bits per heavy atom. The van der Waals surface area contributed by atoms with E-state index < -0.39 is 12.1 Å². The summed E-state index contributed by atoms with van der Waals surface area (Å²) in [6.45, 7) is 11.1. The molecule has 0 radical (unpaired) electrons. The van der Waals surface area contributed by atoms with Crippen LogP contribution in [0, 0.1) is 11.3 Å². The molecule has 0 spiro atoms. The molecule has 5 nitrogen and oxygen atoms in total. The zero-order valence-corrected chi connectivity index (χ0v) is 13.5. The lowest BCUT2D eigenvalue weighted by atomic mass is 9.87. The molecule has 2 amide bonds. The van der Waals surface area contributed by atoms with Gasteiger partial charge in [0.25, 0.3) is 0 Å². The zero-order chi connectivity index (χ0) is 15.5. The van der Waals surface area contributed by atoms with E-state index >= 15 is 0 Å². The summed E-state index contributed by atoms with van der Waals surface area (Å²) in [5.41, 5.74) is -0.0704. The monoisotopic (exact) mass is 284 g/mol. The van der Waals surface area contributed by atoms with Gasteiger partial charge in [0.15, 0.2) is 0 Å². The lowest BCUT2D eigenvalue weighted by Crippen LogP contribution is -2.65. The molecule has 20 heavy (non-hydrogen) atoms. The third-order valence-corrected chi connectivity index (χ3v) is 3.94. The van der Waals surface area contributed by atoms with Gasteiger partial charge >= 0.3 is 0 Å². The SMILES string of the molecule is COCCC(C)(C)CN1C(=O)C(C(C)C)NC(=O)C1C. The highest BCUT2D eigenvalue weighted by Gasteiger charge is 2.41. The number of amides is 2. The minimum absolute atomic E-state index is 0.0255. The Labute approximate surface area is 122 Å². The van der Waals surface area contributed by atoms with Crippen molar-refractivity contribution in [3.8, 4) is 0 Å². The van der Waals surface area contributed by atoms with Crippen LogP contribution in [0.5, 0.6) is 0 Å². The first-order chi connectivity index (χ1) is 9.19. The Balaban J connectivity index is 2.84. The summed E-state index contributed by atoms with van der Waals surface area (Å²) in [5.74, 6) is 0.0620. The smallest absolute Gasteiger partial charge is 0.246 e. The van der Waals surface area contributed by atoms with Gasteiger partial charge in [0.2, 0.25) is 11.8 Å². The van der Waals surface area contributed by atoms with E-state index in [1.54, 1.807) is 18.9 Å². The van der Waals surface area contributed by atoms with Crippen molar-refractivity contribution in [3.05, 3.63) is 0 Å². The molecule has 1 rings (SSSR count). The number of piperazine rings is 1. The number of methoxy groups -OCH3 is 1. The summed E-state index contributed by atoms with van der Waals surface area (Å²) in [7, 11) is 1.67. The quantitative estimate of drug-likeness (QED) is 0.802. The van der Waals surface area contributed by atoms with Crippen LogP contribution in [-0.2, 0) is 14.3 Å². The summed E-state index contributed by atoms with van der Waals surface area (Å²) < 4.78 is 5.12. The Kier molecular flexibility index (Phi) is 5.57. The Morgan fingerprint density at radius 2 is 1.95 bits per heavy atom. The van der Waals surface area contributed by atoms with Crippen molar-refractivity contribution in [2.24, 2.45) is 11.3 Å². The standard InChI is InChI=1S/C15H28N2O3/c1-10(2)12-14(19)17(11(3)13(18)16-12)9-15(4,5)7-8-20-6/h10-12H,7-9H2,1-6H3,(H,16,18). The number of hydrogen-bond acceptors (Lipinski definition) is 3. The van der Waals surface area contributed by atoms with Crippen LogP contribution in [0.4, 0.5) is 0 Å². The summed E-state index contributed by atoms with van der Waals surface area (Å²) in [4.78, 5) is 26.3. The van der Waals surface area contributed by atoms with E-state index in [-0.39, 0.29) is 23.1 Å². The minimum atomic E-state index is -0.406. The second kappa shape index (κ2) is 6.57. The van der Waals surface area contributed by atoms with Gasteiger partial charge in [-0.05, 0) is 24.7 Å². The summed E-state index contributed by atoms with van der Waals surface area (Å²) in [5, 5.41) is 2.82. The van der Waals surface area contributed by atoms with E-state index in [9.17, 15) is 9.59 Å². The van der Waals surface area contributed by atoms with E-state index in [1.807, 2.05) is 13.8 Å². The first kappa shape index (κ1) is 17.0. The van der Waals surface area contributed by atoms with E-state index in [2.05, 4.69) is 19.2 Å². The van der Waals surface area contributed by atoms with Crippen molar-refractivity contribution < 1.29 is 14.3 Å². The highest BCUT2D eigenvalue weighted by molar-refractivity contribution is 5.96. The van der Waals surface area contributed by atoms with Crippen molar-refractivity contribution in [2.75, 3.05) is 20.3 Å². The van der Waals surface area contributed by atoms with Gasteiger partial charge in [0, 0.05) is 20.3 Å². The number of ether oxygens (including phenoxy) is 1. The van der Waals surface area contributed by atoms with Crippen LogP contribution >= 0.6 is 0 Å². The maximum atomic E-state index is 12.6. The molecule has 0 aliphatic carbocycles. The first-order valence-corrected chi connectivity index (χ1v) is 7.29. The summed E-state index contributed by atoms with van der Waals surface area (Å²) in [6.07, 6.45) is 0.855.